The van der Waals surface area contributed by atoms with Crippen LogP contribution in [0.5, 0.6) is 11.5 Å². The van der Waals surface area contributed by atoms with Gasteiger partial charge in [-0.05, 0) is 30.5 Å². The smallest absolute Gasteiger partial charge is 0.165 e. The maximum Gasteiger partial charge on any atom is 0.165 e. The van der Waals surface area contributed by atoms with Gasteiger partial charge in [0.15, 0.2) is 11.5 Å². The van der Waals surface area contributed by atoms with E-state index in [9.17, 15) is 0 Å². The molecule has 2 aliphatic rings. The van der Waals surface area contributed by atoms with Crippen molar-refractivity contribution < 1.29 is 9.47 Å². The highest BCUT2D eigenvalue weighted by atomic mass is 16.6. The Labute approximate surface area is 142 Å². The van der Waals surface area contributed by atoms with E-state index in [-0.39, 0.29) is 0 Å². The van der Waals surface area contributed by atoms with Crippen LogP contribution in [0, 0.1) is 0 Å². The van der Waals surface area contributed by atoms with E-state index in [0.29, 0.717) is 13.2 Å². The number of pyridine rings is 1. The maximum atomic E-state index is 5.75. The second-order valence-corrected chi connectivity index (χ2v) is 6.26. The first-order chi connectivity index (χ1) is 11.9. The van der Waals surface area contributed by atoms with Gasteiger partial charge in [0.1, 0.15) is 19.0 Å². The minimum atomic E-state index is 0.617. The summed E-state index contributed by atoms with van der Waals surface area (Å²) in [7, 11) is 0. The highest BCUT2D eigenvalue weighted by Gasteiger charge is 2.15. The van der Waals surface area contributed by atoms with Crippen molar-refractivity contribution in [3.8, 4) is 11.5 Å². The van der Waals surface area contributed by atoms with Crippen molar-refractivity contribution in [1.82, 2.24) is 10.3 Å². The maximum absolute atomic E-state index is 5.75. The van der Waals surface area contributed by atoms with E-state index in [2.05, 4.69) is 33.4 Å². The summed E-state index contributed by atoms with van der Waals surface area (Å²) in [5, 5.41) is 3.47. The van der Waals surface area contributed by atoms with Gasteiger partial charge in [-0.3, -0.25) is 0 Å². The number of benzene rings is 1. The molecule has 2 aromatic rings. The lowest BCUT2D eigenvalue weighted by molar-refractivity contribution is 0.169. The Morgan fingerprint density at radius 3 is 2.71 bits per heavy atom. The lowest BCUT2D eigenvalue weighted by atomic mass is 10.1. The number of anilines is 1. The first-order valence-corrected chi connectivity index (χ1v) is 8.68. The molecule has 24 heavy (non-hydrogen) atoms. The van der Waals surface area contributed by atoms with Crippen molar-refractivity contribution in [3.63, 3.8) is 0 Å². The molecule has 0 saturated carbocycles. The molecule has 0 unspecified atom stereocenters. The van der Waals surface area contributed by atoms with Crippen molar-refractivity contribution in [2.75, 3.05) is 31.2 Å². The first kappa shape index (κ1) is 15.3. The molecule has 1 saturated heterocycles. The zero-order valence-electron chi connectivity index (χ0n) is 13.8. The van der Waals surface area contributed by atoms with Gasteiger partial charge >= 0.3 is 0 Å². The van der Waals surface area contributed by atoms with Crippen LogP contribution in [-0.2, 0) is 13.1 Å². The Kier molecular flexibility index (Phi) is 4.51. The summed E-state index contributed by atoms with van der Waals surface area (Å²) < 4.78 is 11.4. The number of hydrogen-bond donors (Lipinski definition) is 1. The molecular weight excluding hydrogens is 302 g/mol. The second-order valence-electron chi connectivity index (χ2n) is 6.26. The van der Waals surface area contributed by atoms with Crippen molar-refractivity contribution in [2.45, 2.75) is 25.9 Å². The summed E-state index contributed by atoms with van der Waals surface area (Å²) in [5.41, 5.74) is 2.33. The number of ether oxygens (including phenoxy) is 2. The zero-order valence-corrected chi connectivity index (χ0v) is 13.8. The molecule has 0 spiro atoms. The molecule has 0 bridgehead atoms. The van der Waals surface area contributed by atoms with Gasteiger partial charge in [0.05, 0.1) is 0 Å². The van der Waals surface area contributed by atoms with Crippen LogP contribution in [0.1, 0.15) is 24.0 Å². The topological polar surface area (TPSA) is 46.6 Å². The van der Waals surface area contributed by atoms with E-state index in [0.717, 1.165) is 49.1 Å². The average Bonchev–Trinajstić information content (AvgIpc) is 3.17. The fourth-order valence-corrected chi connectivity index (χ4v) is 3.27. The van der Waals surface area contributed by atoms with Crippen LogP contribution in [0.25, 0.3) is 0 Å². The van der Waals surface area contributed by atoms with E-state index in [1.807, 2.05) is 18.3 Å². The minimum absolute atomic E-state index is 0.617. The summed E-state index contributed by atoms with van der Waals surface area (Å²) >= 11 is 0. The molecule has 1 N–H and O–H groups in total. The fourth-order valence-electron chi connectivity index (χ4n) is 3.27. The lowest BCUT2D eigenvalue weighted by Crippen LogP contribution is -2.20. The van der Waals surface area contributed by atoms with Crippen LogP contribution in [0.3, 0.4) is 0 Å². The van der Waals surface area contributed by atoms with Gasteiger partial charge in [-0.25, -0.2) is 4.98 Å². The largest absolute Gasteiger partial charge is 0.486 e. The number of hydrogen-bond acceptors (Lipinski definition) is 5. The van der Waals surface area contributed by atoms with Gasteiger partial charge in [0.25, 0.3) is 0 Å². The van der Waals surface area contributed by atoms with Crippen LogP contribution in [-0.4, -0.2) is 31.3 Å². The molecule has 0 aliphatic carbocycles. The standard InChI is InChI=1S/C19H23N3O2/c1-2-9-22(8-1)18-7-6-15(13-21-18)12-20-14-16-4-3-5-17-19(16)24-11-10-23-17/h3-7,13,20H,1-2,8-12,14H2. The van der Waals surface area contributed by atoms with Crippen molar-refractivity contribution in [2.24, 2.45) is 0 Å². The van der Waals surface area contributed by atoms with E-state index in [1.165, 1.54) is 18.4 Å². The van der Waals surface area contributed by atoms with Gasteiger partial charge in [-0.1, -0.05) is 18.2 Å². The minimum Gasteiger partial charge on any atom is -0.486 e. The summed E-state index contributed by atoms with van der Waals surface area (Å²) in [6, 6.07) is 10.3. The number of aromatic nitrogens is 1. The predicted molar refractivity (Wildman–Crippen MR) is 93.7 cm³/mol. The monoisotopic (exact) mass is 325 g/mol. The Morgan fingerprint density at radius 2 is 1.88 bits per heavy atom. The van der Waals surface area contributed by atoms with E-state index in [4.69, 9.17) is 9.47 Å². The van der Waals surface area contributed by atoms with E-state index < -0.39 is 0 Å². The van der Waals surface area contributed by atoms with E-state index in [1.54, 1.807) is 0 Å². The van der Waals surface area contributed by atoms with Crippen LogP contribution in [0.15, 0.2) is 36.5 Å². The SMILES string of the molecule is c1cc(CNCc2ccc(N3CCCC3)nc2)c2c(c1)OCCO2. The molecule has 1 aromatic carbocycles. The molecule has 5 nitrogen and oxygen atoms in total. The third kappa shape index (κ3) is 3.31. The molecule has 4 rings (SSSR count). The Morgan fingerprint density at radius 1 is 1.00 bits per heavy atom. The summed E-state index contributed by atoms with van der Waals surface area (Å²) in [6.07, 6.45) is 4.52. The lowest BCUT2D eigenvalue weighted by Gasteiger charge is -2.21. The van der Waals surface area contributed by atoms with Crippen LogP contribution < -0.4 is 19.7 Å². The van der Waals surface area contributed by atoms with Crippen molar-refractivity contribution in [1.29, 1.82) is 0 Å². The molecule has 0 atom stereocenters. The normalized spacial score (nSPS) is 16.4. The van der Waals surface area contributed by atoms with Crippen molar-refractivity contribution >= 4 is 5.82 Å². The highest BCUT2D eigenvalue weighted by Crippen LogP contribution is 2.33. The molecule has 5 heteroatoms. The van der Waals surface area contributed by atoms with Gasteiger partial charge < -0.3 is 19.7 Å². The molecule has 3 heterocycles. The third-order valence-electron chi connectivity index (χ3n) is 4.53. The van der Waals surface area contributed by atoms with Gasteiger partial charge in [0, 0.05) is 37.9 Å². The molecule has 1 fully saturated rings. The molecule has 0 amide bonds. The Bertz CT molecular complexity index is 682. The first-order valence-electron chi connectivity index (χ1n) is 8.68. The summed E-state index contributed by atoms with van der Waals surface area (Å²) in [6.45, 7) is 5.04. The van der Waals surface area contributed by atoms with Crippen molar-refractivity contribution in [3.05, 3.63) is 47.7 Å². The average molecular weight is 325 g/mol. The zero-order chi connectivity index (χ0) is 16.2. The number of rotatable bonds is 5. The van der Waals surface area contributed by atoms with Gasteiger partial charge in [-0.2, -0.15) is 0 Å². The van der Waals surface area contributed by atoms with Crippen LogP contribution in [0.2, 0.25) is 0 Å². The second kappa shape index (κ2) is 7.09. The summed E-state index contributed by atoms with van der Waals surface area (Å²) in [4.78, 5) is 6.95. The van der Waals surface area contributed by atoms with Crippen LogP contribution >= 0.6 is 0 Å². The Balaban J connectivity index is 1.34. The molecule has 2 aliphatic heterocycles. The molecular formula is C19H23N3O2. The number of nitrogens with one attached hydrogen (secondary N) is 1. The number of fused-ring (bicyclic) bond motifs is 1. The number of para-hydroxylation sites is 1. The quantitative estimate of drug-likeness (QED) is 0.916. The van der Waals surface area contributed by atoms with Crippen LogP contribution in [0.4, 0.5) is 5.82 Å². The van der Waals surface area contributed by atoms with E-state index >= 15 is 0 Å². The fraction of sp³-hybridized carbons (Fsp3) is 0.421. The third-order valence-corrected chi connectivity index (χ3v) is 4.53. The molecule has 1 aromatic heterocycles. The highest BCUT2D eigenvalue weighted by molar-refractivity contribution is 5.47. The molecule has 126 valence electrons. The van der Waals surface area contributed by atoms with Gasteiger partial charge in [-0.15, -0.1) is 0 Å². The molecule has 0 radical (unpaired) electrons. The predicted octanol–water partition coefficient (Wildman–Crippen LogP) is 2.74. The Hall–Kier alpha value is -2.27. The number of nitrogens with zero attached hydrogens (tertiary/aromatic N) is 2. The van der Waals surface area contributed by atoms with Gasteiger partial charge in [0.2, 0.25) is 0 Å². The summed E-state index contributed by atoms with van der Waals surface area (Å²) in [5.74, 6) is 2.81.